The zero-order chi connectivity index (χ0) is 25.0. The van der Waals surface area contributed by atoms with Crippen LogP contribution in [-0.4, -0.2) is 16.8 Å². The molecule has 5 nitrogen and oxygen atoms in total. The van der Waals surface area contributed by atoms with Crippen LogP contribution in [0.4, 0.5) is 28.9 Å². The maximum Gasteiger partial charge on any atom is 0.418 e. The molecule has 0 spiro atoms. The molecule has 1 aromatic heterocycles. The van der Waals surface area contributed by atoms with Crippen LogP contribution in [0, 0.1) is 5.82 Å². The molecule has 0 bridgehead atoms. The van der Waals surface area contributed by atoms with Crippen LogP contribution < -0.4 is 10.6 Å². The number of fused-ring (bicyclic) bond motifs is 1. The average molecular weight is 479 g/mol. The molecule has 0 atom stereocenters. The fraction of sp³-hybridized carbons (Fsp3) is 0.0385. The number of rotatable bonds is 5. The summed E-state index contributed by atoms with van der Waals surface area (Å²) in [6.07, 6.45) is -0.614. The van der Waals surface area contributed by atoms with Gasteiger partial charge in [-0.3, -0.25) is 14.6 Å². The summed E-state index contributed by atoms with van der Waals surface area (Å²) in [5, 5.41) is 5.43. The monoisotopic (exact) mass is 479 g/mol. The van der Waals surface area contributed by atoms with Crippen LogP contribution in [0.3, 0.4) is 0 Å². The molecule has 4 rings (SSSR count). The number of hydrogen-bond acceptors (Lipinski definition) is 3. The van der Waals surface area contributed by atoms with E-state index in [-0.39, 0.29) is 11.3 Å². The highest BCUT2D eigenvalue weighted by atomic mass is 19.4. The average Bonchev–Trinajstić information content (AvgIpc) is 2.83. The summed E-state index contributed by atoms with van der Waals surface area (Å²) in [4.78, 5) is 28.9. The van der Waals surface area contributed by atoms with E-state index in [1.54, 1.807) is 24.4 Å². The number of carbonyl (C=O) groups is 2. The maximum atomic E-state index is 13.7. The lowest BCUT2D eigenvalue weighted by atomic mass is 10.1. The molecule has 2 amide bonds. The summed E-state index contributed by atoms with van der Waals surface area (Å²) in [5.74, 6) is -2.03. The van der Waals surface area contributed by atoms with E-state index in [4.69, 9.17) is 0 Å². The molecule has 1 heterocycles. The van der Waals surface area contributed by atoms with Crippen molar-refractivity contribution in [3.8, 4) is 0 Å². The first-order chi connectivity index (χ1) is 16.7. The minimum Gasteiger partial charge on any atom is -0.322 e. The number of aromatic nitrogens is 1. The molecule has 0 aliphatic rings. The van der Waals surface area contributed by atoms with E-state index < -0.39 is 35.1 Å². The van der Waals surface area contributed by atoms with Crippen LogP contribution >= 0.6 is 0 Å². The molecule has 35 heavy (non-hydrogen) atoms. The summed E-state index contributed by atoms with van der Waals surface area (Å²) in [5.41, 5.74) is -0.386. The summed E-state index contributed by atoms with van der Waals surface area (Å²) < 4.78 is 54.1. The van der Waals surface area contributed by atoms with Gasteiger partial charge in [0.25, 0.3) is 5.91 Å². The Hall–Kier alpha value is -4.53. The predicted octanol–water partition coefficient (Wildman–Crippen LogP) is 6.30. The Bertz CT molecular complexity index is 1430. The number of nitrogens with one attached hydrogen (secondary N) is 2. The molecule has 3 aromatic carbocycles. The van der Waals surface area contributed by atoms with Gasteiger partial charge in [-0.15, -0.1) is 0 Å². The van der Waals surface area contributed by atoms with Crippen LogP contribution in [-0.2, 0) is 11.0 Å². The molecule has 9 heteroatoms. The number of anilines is 2. The number of carbonyl (C=O) groups excluding carboxylic acids is 2. The molecule has 4 aromatic rings. The number of pyridine rings is 1. The van der Waals surface area contributed by atoms with Gasteiger partial charge in [-0.2, -0.15) is 13.2 Å². The molecule has 0 aliphatic carbocycles. The van der Waals surface area contributed by atoms with Gasteiger partial charge in [0.15, 0.2) is 0 Å². The highest BCUT2D eigenvalue weighted by Gasteiger charge is 2.34. The lowest BCUT2D eigenvalue weighted by molar-refractivity contribution is -0.136. The second-order valence-electron chi connectivity index (χ2n) is 7.46. The molecule has 0 aliphatic heterocycles. The molecule has 176 valence electrons. The van der Waals surface area contributed by atoms with Gasteiger partial charge in [-0.05, 0) is 54.6 Å². The number of amides is 2. The van der Waals surface area contributed by atoms with Crippen LogP contribution in [0.5, 0.6) is 0 Å². The van der Waals surface area contributed by atoms with E-state index in [1.807, 2.05) is 12.1 Å². The molecule has 2 N–H and O–H groups in total. The predicted molar refractivity (Wildman–Crippen MR) is 125 cm³/mol. The van der Waals surface area contributed by atoms with Gasteiger partial charge >= 0.3 is 6.18 Å². The van der Waals surface area contributed by atoms with E-state index in [9.17, 15) is 27.2 Å². The highest BCUT2D eigenvalue weighted by Crippen LogP contribution is 2.36. The lowest BCUT2D eigenvalue weighted by Gasteiger charge is -2.15. The van der Waals surface area contributed by atoms with Crippen molar-refractivity contribution in [3.63, 3.8) is 0 Å². The quantitative estimate of drug-likeness (QED) is 0.261. The van der Waals surface area contributed by atoms with Crippen molar-refractivity contribution in [2.45, 2.75) is 6.18 Å². The van der Waals surface area contributed by atoms with Gasteiger partial charge in [0.2, 0.25) is 5.91 Å². The van der Waals surface area contributed by atoms with Gasteiger partial charge < -0.3 is 10.6 Å². The van der Waals surface area contributed by atoms with Crippen molar-refractivity contribution in [1.29, 1.82) is 0 Å². The van der Waals surface area contributed by atoms with Crippen molar-refractivity contribution < 1.29 is 27.2 Å². The van der Waals surface area contributed by atoms with Gasteiger partial charge in [0.1, 0.15) is 5.82 Å². The first kappa shape index (κ1) is 23.6. The Labute approximate surface area is 197 Å². The molecule has 0 saturated carbocycles. The van der Waals surface area contributed by atoms with Crippen LogP contribution in [0.1, 0.15) is 21.5 Å². The van der Waals surface area contributed by atoms with Crippen molar-refractivity contribution in [2.24, 2.45) is 0 Å². The van der Waals surface area contributed by atoms with Crippen LogP contribution in [0.25, 0.3) is 17.0 Å². The number of alkyl halides is 3. The summed E-state index contributed by atoms with van der Waals surface area (Å²) in [6, 6.07) is 16.5. The van der Waals surface area contributed by atoms with E-state index in [0.717, 1.165) is 35.7 Å². The third-order valence-electron chi connectivity index (χ3n) is 5.03. The summed E-state index contributed by atoms with van der Waals surface area (Å²) in [7, 11) is 0. The summed E-state index contributed by atoms with van der Waals surface area (Å²) >= 11 is 0. The van der Waals surface area contributed by atoms with Gasteiger partial charge in [0.05, 0.1) is 16.8 Å². The van der Waals surface area contributed by atoms with Crippen molar-refractivity contribution in [2.75, 3.05) is 10.6 Å². The normalized spacial score (nSPS) is 11.5. The molecule has 0 saturated heterocycles. The zero-order valence-corrected chi connectivity index (χ0v) is 17.9. The van der Waals surface area contributed by atoms with E-state index in [0.29, 0.717) is 11.1 Å². The zero-order valence-electron chi connectivity index (χ0n) is 17.9. The van der Waals surface area contributed by atoms with Crippen molar-refractivity contribution >= 4 is 40.2 Å². The SMILES string of the molecule is O=C(/C=C/c1cccc2cccnc12)Nc1ccc(NC(=O)c2ccc(F)cc2)cc1C(F)(F)F. The van der Waals surface area contributed by atoms with E-state index in [2.05, 4.69) is 15.6 Å². The topological polar surface area (TPSA) is 71.1 Å². The highest BCUT2D eigenvalue weighted by molar-refractivity contribution is 6.05. The van der Waals surface area contributed by atoms with Crippen LogP contribution in [0.2, 0.25) is 0 Å². The first-order valence-electron chi connectivity index (χ1n) is 10.3. The lowest BCUT2D eigenvalue weighted by Crippen LogP contribution is -2.17. The number of hydrogen-bond donors (Lipinski definition) is 2. The Morgan fingerprint density at radius 1 is 0.886 bits per heavy atom. The van der Waals surface area contributed by atoms with Gasteiger partial charge in [-0.1, -0.05) is 24.3 Å². The van der Waals surface area contributed by atoms with Gasteiger partial charge in [-0.25, -0.2) is 4.39 Å². The van der Waals surface area contributed by atoms with Crippen molar-refractivity contribution in [3.05, 3.63) is 108 Å². The molecule has 0 radical (unpaired) electrons. The van der Waals surface area contributed by atoms with Gasteiger partial charge in [0, 0.05) is 34.5 Å². The Morgan fingerprint density at radius 3 is 2.37 bits per heavy atom. The smallest absolute Gasteiger partial charge is 0.322 e. The summed E-state index contributed by atoms with van der Waals surface area (Å²) in [6.45, 7) is 0. The standard InChI is InChI=1S/C26H17F4N3O2/c27-19-9-6-18(7-10-19)25(35)32-20-11-12-22(21(15-20)26(28,29)30)33-23(34)13-8-17-4-1-3-16-5-2-14-31-24(16)17/h1-15H,(H,32,35)(H,33,34)/b13-8+. The Morgan fingerprint density at radius 2 is 1.63 bits per heavy atom. The number of benzene rings is 3. The fourth-order valence-corrected chi connectivity index (χ4v) is 3.37. The largest absolute Gasteiger partial charge is 0.418 e. The minimum absolute atomic E-state index is 0.0744. The third kappa shape index (κ3) is 5.70. The number of para-hydroxylation sites is 1. The first-order valence-corrected chi connectivity index (χ1v) is 10.3. The molecular formula is C26H17F4N3O2. The number of halogens is 4. The van der Waals surface area contributed by atoms with E-state index in [1.165, 1.54) is 24.3 Å². The molecule has 0 unspecified atom stereocenters. The Balaban J connectivity index is 1.53. The Kier molecular flexibility index (Phi) is 6.59. The van der Waals surface area contributed by atoms with Crippen molar-refractivity contribution in [1.82, 2.24) is 4.98 Å². The third-order valence-corrected chi connectivity index (χ3v) is 5.03. The number of nitrogens with zero attached hydrogens (tertiary/aromatic N) is 1. The molecular weight excluding hydrogens is 462 g/mol. The fourth-order valence-electron chi connectivity index (χ4n) is 3.37. The minimum atomic E-state index is -4.80. The maximum absolute atomic E-state index is 13.7. The second kappa shape index (κ2) is 9.76. The molecule has 0 fully saturated rings. The second-order valence-corrected chi connectivity index (χ2v) is 7.46. The van der Waals surface area contributed by atoms with Crippen LogP contribution in [0.15, 0.2) is 85.1 Å². The van der Waals surface area contributed by atoms with E-state index >= 15 is 0 Å².